The van der Waals surface area contributed by atoms with Crippen molar-refractivity contribution in [3.05, 3.63) is 48.0 Å². The molecule has 0 aliphatic heterocycles. The van der Waals surface area contributed by atoms with Gasteiger partial charge in [-0.3, -0.25) is 9.78 Å². The van der Waals surface area contributed by atoms with E-state index in [2.05, 4.69) is 32.5 Å². The third-order valence-corrected chi connectivity index (χ3v) is 2.58. The normalized spacial score (nSPS) is 10.1. The van der Waals surface area contributed by atoms with Crippen molar-refractivity contribution < 1.29 is 4.79 Å². The van der Waals surface area contributed by atoms with Crippen LogP contribution in [0.5, 0.6) is 0 Å². The van der Waals surface area contributed by atoms with E-state index in [0.717, 1.165) is 18.7 Å². The van der Waals surface area contributed by atoms with Crippen LogP contribution in [-0.4, -0.2) is 27.4 Å². The fourth-order valence-electron chi connectivity index (χ4n) is 1.57. The third kappa shape index (κ3) is 4.01. The molecule has 6 nitrogen and oxygen atoms in total. The molecule has 2 aromatic rings. The van der Waals surface area contributed by atoms with Gasteiger partial charge >= 0.3 is 0 Å². The summed E-state index contributed by atoms with van der Waals surface area (Å²) < 4.78 is 0. The number of hydrogen-bond acceptors (Lipinski definition) is 5. The number of nitrogens with one attached hydrogen (secondary N) is 2. The molecule has 0 radical (unpaired) electrons. The quantitative estimate of drug-likeness (QED) is 0.834. The van der Waals surface area contributed by atoms with Gasteiger partial charge < -0.3 is 10.6 Å². The first-order chi connectivity index (χ1) is 9.79. The van der Waals surface area contributed by atoms with Gasteiger partial charge in [-0.1, -0.05) is 13.0 Å². The summed E-state index contributed by atoms with van der Waals surface area (Å²) in [6, 6.07) is 7.16. The molecule has 20 heavy (non-hydrogen) atoms. The molecule has 2 rings (SSSR count). The molecule has 0 aliphatic rings. The van der Waals surface area contributed by atoms with Crippen LogP contribution in [0.4, 0.5) is 5.95 Å². The van der Waals surface area contributed by atoms with Crippen molar-refractivity contribution in [3.63, 3.8) is 0 Å². The standard InChI is InChI=1S/C14H17N5O/c1-2-7-16-14-17-9-6-12(19-14)13(20)18-10-11-5-3-4-8-15-11/h3-6,8-9H,2,7,10H2,1H3,(H,18,20)(H,16,17,19). The van der Waals surface area contributed by atoms with Gasteiger partial charge in [0, 0.05) is 18.9 Å². The molecule has 2 heterocycles. The van der Waals surface area contributed by atoms with Crippen LogP contribution in [0.25, 0.3) is 0 Å². The van der Waals surface area contributed by atoms with Crippen molar-refractivity contribution in [2.45, 2.75) is 19.9 Å². The number of nitrogens with zero attached hydrogens (tertiary/aromatic N) is 3. The highest BCUT2D eigenvalue weighted by Crippen LogP contribution is 2.01. The maximum absolute atomic E-state index is 12.0. The maximum Gasteiger partial charge on any atom is 0.270 e. The Labute approximate surface area is 117 Å². The van der Waals surface area contributed by atoms with E-state index in [4.69, 9.17) is 0 Å². The maximum atomic E-state index is 12.0. The van der Waals surface area contributed by atoms with Crippen LogP contribution in [0.1, 0.15) is 29.5 Å². The average molecular weight is 271 g/mol. The summed E-state index contributed by atoms with van der Waals surface area (Å²) in [6.45, 7) is 3.21. The smallest absolute Gasteiger partial charge is 0.270 e. The van der Waals surface area contributed by atoms with E-state index < -0.39 is 0 Å². The van der Waals surface area contributed by atoms with Gasteiger partial charge in [-0.05, 0) is 24.6 Å². The van der Waals surface area contributed by atoms with Crippen molar-refractivity contribution in [2.24, 2.45) is 0 Å². The Morgan fingerprint density at radius 2 is 2.10 bits per heavy atom. The molecule has 0 unspecified atom stereocenters. The molecule has 0 bridgehead atoms. The molecule has 0 atom stereocenters. The first-order valence-corrected chi connectivity index (χ1v) is 6.54. The SMILES string of the molecule is CCCNc1nccc(C(=O)NCc2ccccn2)n1. The molecule has 2 aromatic heterocycles. The largest absolute Gasteiger partial charge is 0.354 e. The fraction of sp³-hybridized carbons (Fsp3) is 0.286. The van der Waals surface area contributed by atoms with Crippen LogP contribution in [-0.2, 0) is 6.54 Å². The minimum absolute atomic E-state index is 0.238. The molecule has 0 spiro atoms. The van der Waals surface area contributed by atoms with E-state index >= 15 is 0 Å². The van der Waals surface area contributed by atoms with Crippen molar-refractivity contribution in [3.8, 4) is 0 Å². The second-order valence-corrected chi connectivity index (χ2v) is 4.20. The summed E-state index contributed by atoms with van der Waals surface area (Å²) in [6.07, 6.45) is 4.24. The fourth-order valence-corrected chi connectivity index (χ4v) is 1.57. The summed E-state index contributed by atoms with van der Waals surface area (Å²) in [5.74, 6) is 0.231. The topological polar surface area (TPSA) is 79.8 Å². The van der Waals surface area contributed by atoms with Crippen LogP contribution >= 0.6 is 0 Å². The highest BCUT2D eigenvalue weighted by atomic mass is 16.1. The molecule has 0 fully saturated rings. The Morgan fingerprint density at radius 3 is 2.85 bits per heavy atom. The zero-order valence-electron chi connectivity index (χ0n) is 11.3. The van der Waals surface area contributed by atoms with Crippen LogP contribution < -0.4 is 10.6 Å². The highest BCUT2D eigenvalue weighted by Gasteiger charge is 2.08. The molecule has 6 heteroatoms. The minimum Gasteiger partial charge on any atom is -0.354 e. The first kappa shape index (κ1) is 13.9. The van der Waals surface area contributed by atoms with Crippen LogP contribution in [0.15, 0.2) is 36.7 Å². The van der Waals surface area contributed by atoms with Crippen LogP contribution in [0, 0.1) is 0 Å². The molecule has 0 saturated heterocycles. The zero-order chi connectivity index (χ0) is 14.2. The van der Waals surface area contributed by atoms with Gasteiger partial charge in [0.15, 0.2) is 0 Å². The number of pyridine rings is 1. The van der Waals surface area contributed by atoms with E-state index in [9.17, 15) is 4.79 Å². The number of carbonyl (C=O) groups is 1. The summed E-state index contributed by atoms with van der Waals surface area (Å²) in [5.41, 5.74) is 1.15. The van der Waals surface area contributed by atoms with Crippen molar-refractivity contribution >= 4 is 11.9 Å². The van der Waals surface area contributed by atoms with E-state index in [1.165, 1.54) is 0 Å². The van der Waals surface area contributed by atoms with Gasteiger partial charge in [0.05, 0.1) is 12.2 Å². The van der Waals surface area contributed by atoms with Gasteiger partial charge in [0.25, 0.3) is 5.91 Å². The average Bonchev–Trinajstić information content (AvgIpc) is 2.52. The molecule has 0 aliphatic carbocycles. The zero-order valence-corrected chi connectivity index (χ0v) is 11.3. The van der Waals surface area contributed by atoms with E-state index in [-0.39, 0.29) is 5.91 Å². The highest BCUT2D eigenvalue weighted by molar-refractivity contribution is 5.92. The molecule has 1 amide bonds. The Morgan fingerprint density at radius 1 is 1.20 bits per heavy atom. The number of rotatable bonds is 6. The van der Waals surface area contributed by atoms with E-state index in [0.29, 0.717) is 18.2 Å². The predicted octanol–water partition coefficient (Wildman–Crippen LogP) is 1.62. The van der Waals surface area contributed by atoms with Gasteiger partial charge in [-0.15, -0.1) is 0 Å². The van der Waals surface area contributed by atoms with E-state index in [1.807, 2.05) is 18.2 Å². The summed E-state index contributed by atoms with van der Waals surface area (Å²) >= 11 is 0. The molecule has 104 valence electrons. The number of anilines is 1. The van der Waals surface area contributed by atoms with Crippen molar-refractivity contribution in [2.75, 3.05) is 11.9 Å². The van der Waals surface area contributed by atoms with Crippen molar-refractivity contribution in [1.82, 2.24) is 20.3 Å². The summed E-state index contributed by atoms with van der Waals surface area (Å²) in [5, 5.41) is 5.83. The second-order valence-electron chi connectivity index (χ2n) is 4.20. The minimum atomic E-state index is -0.238. The van der Waals surface area contributed by atoms with Crippen molar-refractivity contribution in [1.29, 1.82) is 0 Å². The molecular weight excluding hydrogens is 254 g/mol. The van der Waals surface area contributed by atoms with Gasteiger partial charge in [0.1, 0.15) is 5.69 Å². The summed E-state index contributed by atoms with van der Waals surface area (Å²) in [4.78, 5) is 24.4. The number of amides is 1. The summed E-state index contributed by atoms with van der Waals surface area (Å²) in [7, 11) is 0. The number of aromatic nitrogens is 3. The lowest BCUT2D eigenvalue weighted by Gasteiger charge is -2.06. The Hall–Kier alpha value is -2.50. The lowest BCUT2D eigenvalue weighted by Crippen LogP contribution is -2.24. The Balaban J connectivity index is 1.95. The van der Waals surface area contributed by atoms with E-state index in [1.54, 1.807) is 18.5 Å². The van der Waals surface area contributed by atoms with Crippen LogP contribution in [0.3, 0.4) is 0 Å². The number of carbonyl (C=O) groups excluding carboxylic acids is 1. The molecule has 2 N–H and O–H groups in total. The third-order valence-electron chi connectivity index (χ3n) is 2.58. The molecule has 0 saturated carbocycles. The molecular formula is C14H17N5O. The first-order valence-electron chi connectivity index (χ1n) is 6.54. The molecule has 0 aromatic carbocycles. The lowest BCUT2D eigenvalue weighted by molar-refractivity contribution is 0.0945. The Bertz CT molecular complexity index is 559. The van der Waals surface area contributed by atoms with Gasteiger partial charge in [-0.2, -0.15) is 0 Å². The monoisotopic (exact) mass is 271 g/mol. The Kier molecular flexibility index (Phi) is 5.00. The predicted molar refractivity (Wildman–Crippen MR) is 76.2 cm³/mol. The van der Waals surface area contributed by atoms with Gasteiger partial charge in [-0.25, -0.2) is 9.97 Å². The second kappa shape index (κ2) is 7.18. The van der Waals surface area contributed by atoms with Gasteiger partial charge in [0.2, 0.25) is 5.95 Å². The lowest BCUT2D eigenvalue weighted by atomic mass is 10.3. The van der Waals surface area contributed by atoms with Crippen LogP contribution in [0.2, 0.25) is 0 Å². The number of hydrogen-bond donors (Lipinski definition) is 2.